The van der Waals surface area contributed by atoms with E-state index < -0.39 is 0 Å². The molecule has 0 heterocycles. The summed E-state index contributed by atoms with van der Waals surface area (Å²) in [5, 5.41) is 0. The van der Waals surface area contributed by atoms with E-state index in [1.54, 1.807) is 7.11 Å². The maximum Gasteiger partial charge on any atom is 0.0462 e. The minimum atomic E-state index is 0.333. The number of rotatable bonds is 6. The number of unbranched alkanes of at least 4 members (excludes halogenated alkanes) is 1. The smallest absolute Gasteiger partial charge is 0.0462 e. The lowest BCUT2D eigenvalue weighted by Gasteiger charge is -2.51. The zero-order valence-electron chi connectivity index (χ0n) is 13.5. The summed E-state index contributed by atoms with van der Waals surface area (Å²) in [4.78, 5) is 0. The molecule has 1 aliphatic carbocycles. The van der Waals surface area contributed by atoms with Crippen molar-refractivity contribution < 1.29 is 4.74 Å². The van der Waals surface area contributed by atoms with Crippen molar-refractivity contribution in [3.8, 4) is 0 Å². The topological polar surface area (TPSA) is 9.23 Å². The van der Waals surface area contributed by atoms with Crippen LogP contribution in [-0.4, -0.2) is 13.7 Å². The number of ether oxygens (including phenoxy) is 1. The third-order valence-electron chi connectivity index (χ3n) is 5.73. The van der Waals surface area contributed by atoms with Gasteiger partial charge in [0, 0.05) is 13.7 Å². The summed E-state index contributed by atoms with van der Waals surface area (Å²) >= 11 is 0. The van der Waals surface area contributed by atoms with E-state index in [1.807, 2.05) is 0 Å². The average Bonchev–Trinajstić information content (AvgIpc) is 2.48. The highest BCUT2D eigenvalue weighted by Crippen LogP contribution is 2.54. The van der Waals surface area contributed by atoms with Crippen molar-refractivity contribution in [1.82, 2.24) is 0 Å². The first kappa shape index (κ1) is 15.6. The fourth-order valence-electron chi connectivity index (χ4n) is 4.03. The van der Waals surface area contributed by atoms with Crippen LogP contribution < -0.4 is 0 Å². The molecule has 1 heteroatoms. The summed E-state index contributed by atoms with van der Waals surface area (Å²) in [5.41, 5.74) is 2.30. The predicted octanol–water partition coefficient (Wildman–Crippen LogP) is 5.34. The van der Waals surface area contributed by atoms with E-state index in [9.17, 15) is 0 Å². The SMILES string of the molecule is COCCCC[C@]1(C)CCCC[C@]1(C)c1ccccc1. The Morgan fingerprint density at radius 3 is 2.40 bits per heavy atom. The van der Waals surface area contributed by atoms with Gasteiger partial charge in [-0.2, -0.15) is 0 Å². The Hall–Kier alpha value is -0.820. The van der Waals surface area contributed by atoms with Crippen molar-refractivity contribution in [2.24, 2.45) is 5.41 Å². The van der Waals surface area contributed by atoms with Gasteiger partial charge in [-0.05, 0) is 42.1 Å². The Morgan fingerprint density at radius 1 is 1.00 bits per heavy atom. The Labute approximate surface area is 124 Å². The summed E-state index contributed by atoms with van der Waals surface area (Å²) in [6, 6.07) is 11.2. The molecule has 1 saturated carbocycles. The van der Waals surface area contributed by atoms with Gasteiger partial charge in [-0.1, -0.05) is 63.4 Å². The van der Waals surface area contributed by atoms with Crippen LogP contribution in [0.1, 0.15) is 64.4 Å². The van der Waals surface area contributed by atoms with Crippen LogP contribution in [0.3, 0.4) is 0 Å². The van der Waals surface area contributed by atoms with E-state index in [0.29, 0.717) is 10.8 Å². The second-order valence-corrected chi connectivity index (χ2v) is 6.92. The van der Waals surface area contributed by atoms with Gasteiger partial charge in [0.1, 0.15) is 0 Å². The number of benzene rings is 1. The van der Waals surface area contributed by atoms with Gasteiger partial charge in [0.05, 0.1) is 0 Å². The Morgan fingerprint density at radius 2 is 1.70 bits per heavy atom. The fraction of sp³-hybridized carbons (Fsp3) is 0.684. The van der Waals surface area contributed by atoms with Crippen LogP contribution in [0, 0.1) is 5.41 Å². The molecule has 2 atom stereocenters. The highest BCUT2D eigenvalue weighted by Gasteiger charge is 2.46. The first-order valence-corrected chi connectivity index (χ1v) is 8.17. The molecule has 1 aromatic rings. The normalized spacial score (nSPS) is 30.4. The molecule has 0 aromatic heterocycles. The molecule has 0 N–H and O–H groups in total. The molecular weight excluding hydrogens is 244 g/mol. The molecule has 0 saturated heterocycles. The Kier molecular flexibility index (Phi) is 5.26. The Balaban J connectivity index is 2.15. The minimum Gasteiger partial charge on any atom is -0.385 e. The third-order valence-corrected chi connectivity index (χ3v) is 5.73. The average molecular weight is 274 g/mol. The second kappa shape index (κ2) is 6.76. The number of hydrogen-bond acceptors (Lipinski definition) is 1. The molecule has 0 aliphatic heterocycles. The largest absolute Gasteiger partial charge is 0.385 e. The maximum atomic E-state index is 5.20. The predicted molar refractivity (Wildman–Crippen MR) is 86.1 cm³/mol. The van der Waals surface area contributed by atoms with Crippen LogP contribution in [0.25, 0.3) is 0 Å². The summed E-state index contributed by atoms with van der Waals surface area (Å²) in [6.07, 6.45) is 9.26. The molecular formula is C19H30O. The second-order valence-electron chi connectivity index (χ2n) is 6.92. The van der Waals surface area contributed by atoms with Crippen LogP contribution in [0.4, 0.5) is 0 Å². The monoisotopic (exact) mass is 274 g/mol. The number of methoxy groups -OCH3 is 1. The molecule has 2 rings (SSSR count). The van der Waals surface area contributed by atoms with Crippen molar-refractivity contribution in [2.75, 3.05) is 13.7 Å². The molecule has 0 bridgehead atoms. The summed E-state index contributed by atoms with van der Waals surface area (Å²) in [5.74, 6) is 0. The Bertz CT molecular complexity index is 399. The highest BCUT2D eigenvalue weighted by atomic mass is 16.5. The van der Waals surface area contributed by atoms with Gasteiger partial charge >= 0.3 is 0 Å². The summed E-state index contributed by atoms with van der Waals surface area (Å²) in [6.45, 7) is 5.92. The van der Waals surface area contributed by atoms with Crippen molar-refractivity contribution in [2.45, 2.75) is 64.2 Å². The third kappa shape index (κ3) is 3.09. The molecule has 1 fully saturated rings. The van der Waals surface area contributed by atoms with Crippen LogP contribution in [0.15, 0.2) is 30.3 Å². The van der Waals surface area contributed by atoms with Gasteiger partial charge in [0.2, 0.25) is 0 Å². The molecule has 112 valence electrons. The molecule has 1 aromatic carbocycles. The lowest BCUT2D eigenvalue weighted by Crippen LogP contribution is -2.44. The highest BCUT2D eigenvalue weighted by molar-refractivity contribution is 5.28. The van der Waals surface area contributed by atoms with E-state index in [1.165, 1.54) is 50.5 Å². The molecule has 0 unspecified atom stereocenters. The van der Waals surface area contributed by atoms with E-state index in [0.717, 1.165) is 6.61 Å². The first-order valence-electron chi connectivity index (χ1n) is 8.17. The van der Waals surface area contributed by atoms with E-state index in [4.69, 9.17) is 4.74 Å². The van der Waals surface area contributed by atoms with Crippen LogP contribution in [-0.2, 0) is 10.2 Å². The molecule has 1 nitrogen and oxygen atoms in total. The number of hydrogen-bond donors (Lipinski definition) is 0. The lowest BCUT2D eigenvalue weighted by molar-refractivity contribution is 0.0713. The molecule has 0 radical (unpaired) electrons. The van der Waals surface area contributed by atoms with Gasteiger partial charge < -0.3 is 4.74 Å². The first-order chi connectivity index (χ1) is 9.62. The van der Waals surface area contributed by atoms with E-state index in [2.05, 4.69) is 44.2 Å². The molecule has 1 aliphatic rings. The summed E-state index contributed by atoms with van der Waals surface area (Å²) < 4.78 is 5.20. The van der Waals surface area contributed by atoms with Crippen molar-refractivity contribution in [3.63, 3.8) is 0 Å². The van der Waals surface area contributed by atoms with Gasteiger partial charge in [-0.15, -0.1) is 0 Å². The standard InChI is InChI=1S/C19H30O/c1-18(14-9-10-16-20-3)13-7-8-15-19(18,2)17-11-5-4-6-12-17/h4-6,11-12H,7-10,13-16H2,1-3H3/t18-,19+/m0/s1. The van der Waals surface area contributed by atoms with E-state index >= 15 is 0 Å². The van der Waals surface area contributed by atoms with Crippen LogP contribution in [0.5, 0.6) is 0 Å². The van der Waals surface area contributed by atoms with Crippen LogP contribution >= 0.6 is 0 Å². The van der Waals surface area contributed by atoms with Gasteiger partial charge in [0.15, 0.2) is 0 Å². The zero-order valence-corrected chi connectivity index (χ0v) is 13.5. The summed E-state index contributed by atoms with van der Waals surface area (Å²) in [7, 11) is 1.80. The van der Waals surface area contributed by atoms with Gasteiger partial charge in [-0.25, -0.2) is 0 Å². The van der Waals surface area contributed by atoms with Crippen molar-refractivity contribution >= 4 is 0 Å². The van der Waals surface area contributed by atoms with Gasteiger partial charge in [0.25, 0.3) is 0 Å². The van der Waals surface area contributed by atoms with Crippen molar-refractivity contribution in [1.29, 1.82) is 0 Å². The quantitative estimate of drug-likeness (QED) is 0.636. The fourth-order valence-corrected chi connectivity index (χ4v) is 4.03. The molecule has 0 spiro atoms. The van der Waals surface area contributed by atoms with Gasteiger partial charge in [-0.3, -0.25) is 0 Å². The molecule has 20 heavy (non-hydrogen) atoms. The van der Waals surface area contributed by atoms with E-state index in [-0.39, 0.29) is 0 Å². The minimum absolute atomic E-state index is 0.333. The zero-order chi connectivity index (χ0) is 14.5. The molecule has 0 amide bonds. The van der Waals surface area contributed by atoms with Crippen molar-refractivity contribution in [3.05, 3.63) is 35.9 Å². The maximum absolute atomic E-state index is 5.20. The van der Waals surface area contributed by atoms with Crippen LogP contribution in [0.2, 0.25) is 0 Å². The lowest BCUT2D eigenvalue weighted by atomic mass is 9.53.